The first kappa shape index (κ1) is 20.1. The SMILES string of the molecule is COc1cccc(-n2nnc(C(=O)N3CCN(Cc4c(C)noc4C)CC3)c2C)c1. The zero-order chi connectivity index (χ0) is 21.3. The highest BCUT2D eigenvalue weighted by Crippen LogP contribution is 2.20. The van der Waals surface area contributed by atoms with Crippen LogP contribution in [0.2, 0.25) is 0 Å². The van der Waals surface area contributed by atoms with E-state index in [2.05, 4.69) is 20.4 Å². The van der Waals surface area contributed by atoms with Crippen molar-refractivity contribution < 1.29 is 14.1 Å². The number of aromatic nitrogens is 4. The van der Waals surface area contributed by atoms with Crippen molar-refractivity contribution in [2.24, 2.45) is 0 Å². The molecule has 2 aromatic heterocycles. The molecule has 0 spiro atoms. The number of methoxy groups -OCH3 is 1. The molecule has 4 rings (SSSR count). The van der Waals surface area contributed by atoms with Crippen LogP contribution in [-0.2, 0) is 6.54 Å². The maximum absolute atomic E-state index is 13.1. The molecule has 1 aromatic carbocycles. The van der Waals surface area contributed by atoms with Gasteiger partial charge < -0.3 is 14.2 Å². The van der Waals surface area contributed by atoms with Crippen LogP contribution in [0.3, 0.4) is 0 Å². The molecule has 3 heterocycles. The van der Waals surface area contributed by atoms with Gasteiger partial charge in [0.05, 0.1) is 24.2 Å². The molecule has 0 bridgehead atoms. The number of aryl methyl sites for hydroxylation is 2. The van der Waals surface area contributed by atoms with Gasteiger partial charge in [0.2, 0.25) is 0 Å². The minimum Gasteiger partial charge on any atom is -0.497 e. The molecule has 30 heavy (non-hydrogen) atoms. The van der Waals surface area contributed by atoms with Crippen LogP contribution in [0.5, 0.6) is 5.75 Å². The third-order valence-electron chi connectivity index (χ3n) is 5.62. The Labute approximate surface area is 175 Å². The Morgan fingerprint density at radius 3 is 2.60 bits per heavy atom. The van der Waals surface area contributed by atoms with Crippen molar-refractivity contribution >= 4 is 5.91 Å². The first-order chi connectivity index (χ1) is 14.5. The summed E-state index contributed by atoms with van der Waals surface area (Å²) in [7, 11) is 1.62. The van der Waals surface area contributed by atoms with E-state index in [4.69, 9.17) is 9.26 Å². The Hall–Kier alpha value is -3.20. The first-order valence-corrected chi connectivity index (χ1v) is 9.98. The van der Waals surface area contributed by atoms with Crippen molar-refractivity contribution in [3.8, 4) is 11.4 Å². The summed E-state index contributed by atoms with van der Waals surface area (Å²) >= 11 is 0. The molecular weight excluding hydrogens is 384 g/mol. The van der Waals surface area contributed by atoms with Gasteiger partial charge in [-0.3, -0.25) is 9.69 Å². The molecule has 1 fully saturated rings. The Balaban J connectivity index is 1.43. The first-order valence-electron chi connectivity index (χ1n) is 9.98. The van der Waals surface area contributed by atoms with Crippen molar-refractivity contribution in [3.05, 3.63) is 52.7 Å². The number of carbonyl (C=O) groups excluding carboxylic acids is 1. The van der Waals surface area contributed by atoms with Gasteiger partial charge in [-0.1, -0.05) is 16.4 Å². The second kappa shape index (κ2) is 8.27. The lowest BCUT2D eigenvalue weighted by Crippen LogP contribution is -2.48. The number of benzene rings is 1. The number of amides is 1. The van der Waals surface area contributed by atoms with Crippen molar-refractivity contribution in [1.82, 2.24) is 30.0 Å². The Kier molecular flexibility index (Phi) is 5.54. The molecule has 3 aromatic rings. The number of ether oxygens (including phenoxy) is 1. The third kappa shape index (κ3) is 3.80. The maximum Gasteiger partial charge on any atom is 0.276 e. The van der Waals surface area contributed by atoms with Crippen LogP contribution in [0.25, 0.3) is 5.69 Å². The normalized spacial score (nSPS) is 14.9. The predicted molar refractivity (Wildman–Crippen MR) is 110 cm³/mol. The Morgan fingerprint density at radius 2 is 1.93 bits per heavy atom. The minimum absolute atomic E-state index is 0.0846. The lowest BCUT2D eigenvalue weighted by Gasteiger charge is -2.34. The fraction of sp³-hybridized carbons (Fsp3) is 0.429. The van der Waals surface area contributed by atoms with Crippen molar-refractivity contribution in [1.29, 1.82) is 0 Å². The summed E-state index contributed by atoms with van der Waals surface area (Å²) in [5, 5.41) is 12.4. The zero-order valence-corrected chi connectivity index (χ0v) is 17.8. The largest absolute Gasteiger partial charge is 0.497 e. The van der Waals surface area contributed by atoms with E-state index in [1.54, 1.807) is 11.8 Å². The van der Waals surface area contributed by atoms with Gasteiger partial charge in [-0.2, -0.15) is 0 Å². The smallest absolute Gasteiger partial charge is 0.276 e. The van der Waals surface area contributed by atoms with E-state index in [1.807, 2.05) is 49.9 Å². The summed E-state index contributed by atoms with van der Waals surface area (Å²) in [6.45, 7) is 9.41. The zero-order valence-electron chi connectivity index (χ0n) is 17.8. The molecule has 0 radical (unpaired) electrons. The van der Waals surface area contributed by atoms with E-state index >= 15 is 0 Å². The lowest BCUT2D eigenvalue weighted by molar-refractivity contribution is 0.0621. The van der Waals surface area contributed by atoms with Crippen LogP contribution in [0.1, 0.15) is 33.2 Å². The van der Waals surface area contributed by atoms with Crippen molar-refractivity contribution in [2.45, 2.75) is 27.3 Å². The van der Waals surface area contributed by atoms with Gasteiger partial charge in [0.15, 0.2) is 5.69 Å². The quantitative estimate of drug-likeness (QED) is 0.637. The molecule has 0 unspecified atom stereocenters. The third-order valence-corrected chi connectivity index (χ3v) is 5.62. The van der Waals surface area contributed by atoms with Crippen LogP contribution in [0.15, 0.2) is 28.8 Å². The van der Waals surface area contributed by atoms with Crippen LogP contribution in [0, 0.1) is 20.8 Å². The van der Waals surface area contributed by atoms with Crippen LogP contribution >= 0.6 is 0 Å². The molecule has 1 aliphatic rings. The van der Waals surface area contributed by atoms with E-state index in [9.17, 15) is 4.79 Å². The number of hydrogen-bond acceptors (Lipinski definition) is 7. The average Bonchev–Trinajstić information content (AvgIpc) is 3.30. The van der Waals surface area contributed by atoms with Gasteiger partial charge >= 0.3 is 0 Å². The van der Waals surface area contributed by atoms with Crippen LogP contribution in [0.4, 0.5) is 0 Å². The molecule has 0 aliphatic carbocycles. The molecule has 0 atom stereocenters. The molecule has 9 nitrogen and oxygen atoms in total. The molecule has 0 N–H and O–H groups in total. The summed E-state index contributed by atoms with van der Waals surface area (Å²) in [5.41, 5.74) is 3.97. The van der Waals surface area contributed by atoms with Gasteiger partial charge in [0.1, 0.15) is 11.5 Å². The lowest BCUT2D eigenvalue weighted by atomic mass is 10.1. The molecule has 1 aliphatic heterocycles. The summed E-state index contributed by atoms with van der Waals surface area (Å²) < 4.78 is 12.2. The van der Waals surface area contributed by atoms with E-state index in [1.165, 1.54) is 0 Å². The topological polar surface area (TPSA) is 89.5 Å². The number of piperazine rings is 1. The van der Waals surface area contributed by atoms with Crippen LogP contribution < -0.4 is 4.74 Å². The highest BCUT2D eigenvalue weighted by atomic mass is 16.5. The van der Waals surface area contributed by atoms with Gasteiger partial charge in [-0.15, -0.1) is 5.10 Å². The molecule has 158 valence electrons. The molecule has 9 heteroatoms. The average molecular weight is 410 g/mol. The molecule has 1 saturated heterocycles. The van der Waals surface area contributed by atoms with E-state index in [0.717, 1.165) is 48.1 Å². The Bertz CT molecular complexity index is 1030. The maximum atomic E-state index is 13.1. The van der Waals surface area contributed by atoms with E-state index in [-0.39, 0.29) is 5.91 Å². The summed E-state index contributed by atoms with van der Waals surface area (Å²) in [5.74, 6) is 1.50. The highest BCUT2D eigenvalue weighted by molar-refractivity contribution is 5.93. The monoisotopic (exact) mass is 410 g/mol. The van der Waals surface area contributed by atoms with Gasteiger partial charge in [0, 0.05) is 44.4 Å². The number of nitrogens with zero attached hydrogens (tertiary/aromatic N) is 6. The van der Waals surface area contributed by atoms with Crippen molar-refractivity contribution in [2.75, 3.05) is 33.3 Å². The standard InChI is InChI=1S/C21H26N6O3/c1-14-19(16(3)30-23-14)13-25-8-10-26(11-9-25)21(28)20-15(2)27(24-22-20)17-6-5-7-18(12-17)29-4/h5-7,12H,8-11,13H2,1-4H3. The summed E-state index contributed by atoms with van der Waals surface area (Å²) in [6, 6.07) is 7.52. The van der Waals surface area contributed by atoms with Crippen molar-refractivity contribution in [3.63, 3.8) is 0 Å². The van der Waals surface area contributed by atoms with Gasteiger partial charge in [0.25, 0.3) is 5.91 Å². The fourth-order valence-corrected chi connectivity index (χ4v) is 3.72. The Morgan fingerprint density at radius 1 is 1.17 bits per heavy atom. The number of rotatable bonds is 5. The number of hydrogen-bond donors (Lipinski definition) is 0. The summed E-state index contributed by atoms with van der Waals surface area (Å²) in [4.78, 5) is 17.2. The van der Waals surface area contributed by atoms with Gasteiger partial charge in [-0.25, -0.2) is 4.68 Å². The second-order valence-electron chi connectivity index (χ2n) is 7.51. The predicted octanol–water partition coefficient (Wildman–Crippen LogP) is 2.15. The van der Waals surface area contributed by atoms with E-state index in [0.29, 0.717) is 24.5 Å². The van der Waals surface area contributed by atoms with E-state index < -0.39 is 0 Å². The second-order valence-corrected chi connectivity index (χ2v) is 7.51. The van der Waals surface area contributed by atoms with Crippen LogP contribution in [-0.4, -0.2) is 69.1 Å². The number of carbonyl (C=O) groups is 1. The minimum atomic E-state index is -0.0846. The fourth-order valence-electron chi connectivity index (χ4n) is 3.72. The molecule has 1 amide bonds. The summed E-state index contributed by atoms with van der Waals surface area (Å²) in [6.07, 6.45) is 0. The van der Waals surface area contributed by atoms with Gasteiger partial charge in [-0.05, 0) is 32.9 Å². The molecule has 0 saturated carbocycles. The molecular formula is C21H26N6O3. The highest BCUT2D eigenvalue weighted by Gasteiger charge is 2.27.